The first-order valence-electron chi connectivity index (χ1n) is 7.81. The number of benzene rings is 2. The maximum absolute atomic E-state index is 11.7. The first-order valence-corrected chi connectivity index (χ1v) is 8.19. The molecule has 0 radical (unpaired) electrons. The van der Waals surface area contributed by atoms with E-state index in [0.29, 0.717) is 34.8 Å². The van der Waals surface area contributed by atoms with E-state index in [1.54, 1.807) is 18.2 Å². The number of carbonyl (C=O) groups excluding carboxylic acids is 1. The van der Waals surface area contributed by atoms with Crippen molar-refractivity contribution in [2.45, 2.75) is 13.3 Å². The van der Waals surface area contributed by atoms with E-state index < -0.39 is 0 Å². The van der Waals surface area contributed by atoms with Gasteiger partial charge in [0, 0.05) is 29.1 Å². The SMILES string of the molecule is CCC(=O)c1ccc(Nc2nc(Cl)nc3cc4c(cc23)OCO4)cc1. The number of ketones is 1. The second-order valence-electron chi connectivity index (χ2n) is 5.54. The Labute approximate surface area is 148 Å². The van der Waals surface area contributed by atoms with Gasteiger partial charge in [-0.3, -0.25) is 4.79 Å². The quantitative estimate of drug-likeness (QED) is 0.554. The number of hydrogen-bond donors (Lipinski definition) is 1. The lowest BCUT2D eigenvalue weighted by molar-refractivity contribution is 0.0988. The standard InChI is InChI=1S/C18H14ClN3O3/c1-2-14(23)10-3-5-11(6-4-10)20-17-12-7-15-16(25-9-24-15)8-13(12)21-18(19)22-17/h3-8H,2,9H2,1H3,(H,20,21,22). The summed E-state index contributed by atoms with van der Waals surface area (Å²) in [7, 11) is 0. The molecule has 0 saturated heterocycles. The third kappa shape index (κ3) is 2.96. The number of carbonyl (C=O) groups is 1. The van der Waals surface area contributed by atoms with Gasteiger partial charge in [0.2, 0.25) is 12.1 Å². The van der Waals surface area contributed by atoms with Gasteiger partial charge >= 0.3 is 0 Å². The molecule has 1 N–H and O–H groups in total. The number of hydrogen-bond acceptors (Lipinski definition) is 6. The second-order valence-corrected chi connectivity index (χ2v) is 5.88. The molecule has 3 aromatic rings. The van der Waals surface area contributed by atoms with Crippen LogP contribution in [0.25, 0.3) is 10.9 Å². The monoisotopic (exact) mass is 355 g/mol. The van der Waals surface area contributed by atoms with E-state index in [1.807, 2.05) is 25.1 Å². The van der Waals surface area contributed by atoms with E-state index in [9.17, 15) is 4.79 Å². The number of fused-ring (bicyclic) bond motifs is 2. The molecule has 6 nitrogen and oxygen atoms in total. The Hall–Kier alpha value is -2.86. The van der Waals surface area contributed by atoms with Crippen LogP contribution in [0.1, 0.15) is 23.7 Å². The number of anilines is 2. The summed E-state index contributed by atoms with van der Waals surface area (Å²) in [6.07, 6.45) is 0.478. The Morgan fingerprint density at radius 1 is 1.16 bits per heavy atom. The smallest absolute Gasteiger partial charge is 0.231 e. The molecule has 1 aliphatic rings. The summed E-state index contributed by atoms with van der Waals surface area (Å²) < 4.78 is 10.8. The van der Waals surface area contributed by atoms with Crippen molar-refractivity contribution in [1.82, 2.24) is 9.97 Å². The lowest BCUT2D eigenvalue weighted by Gasteiger charge is -2.10. The highest BCUT2D eigenvalue weighted by Crippen LogP contribution is 2.38. The maximum Gasteiger partial charge on any atom is 0.231 e. The van der Waals surface area contributed by atoms with Crippen LogP contribution in [0.15, 0.2) is 36.4 Å². The molecule has 126 valence electrons. The van der Waals surface area contributed by atoms with E-state index in [-0.39, 0.29) is 17.9 Å². The molecule has 0 unspecified atom stereocenters. The number of ether oxygens (including phenoxy) is 2. The molecule has 0 spiro atoms. The van der Waals surface area contributed by atoms with Gasteiger partial charge in [0.15, 0.2) is 17.3 Å². The van der Waals surface area contributed by atoms with E-state index in [4.69, 9.17) is 21.1 Å². The number of halogens is 1. The van der Waals surface area contributed by atoms with Crippen LogP contribution in [0.2, 0.25) is 5.28 Å². The van der Waals surface area contributed by atoms with Gasteiger partial charge in [-0.25, -0.2) is 4.98 Å². The Balaban J connectivity index is 1.72. The topological polar surface area (TPSA) is 73.3 Å². The fourth-order valence-corrected chi connectivity index (χ4v) is 2.84. The van der Waals surface area contributed by atoms with Gasteiger partial charge < -0.3 is 14.8 Å². The Morgan fingerprint density at radius 2 is 1.88 bits per heavy atom. The summed E-state index contributed by atoms with van der Waals surface area (Å²) in [6, 6.07) is 10.8. The van der Waals surface area contributed by atoms with Crippen LogP contribution < -0.4 is 14.8 Å². The van der Waals surface area contributed by atoms with E-state index in [0.717, 1.165) is 11.1 Å². The van der Waals surface area contributed by atoms with Gasteiger partial charge in [-0.15, -0.1) is 0 Å². The molecule has 0 bridgehead atoms. The fourth-order valence-electron chi connectivity index (χ4n) is 2.67. The zero-order valence-electron chi connectivity index (χ0n) is 13.4. The molecule has 1 aliphatic heterocycles. The number of Topliss-reactive ketones (excluding diaryl/α,β-unsaturated/α-hetero) is 1. The minimum Gasteiger partial charge on any atom is -0.454 e. The van der Waals surface area contributed by atoms with Crippen LogP contribution in [0.3, 0.4) is 0 Å². The summed E-state index contributed by atoms with van der Waals surface area (Å²) in [6.45, 7) is 2.02. The zero-order chi connectivity index (χ0) is 17.4. The van der Waals surface area contributed by atoms with Crippen LogP contribution in [-0.2, 0) is 0 Å². The van der Waals surface area contributed by atoms with Crippen molar-refractivity contribution >= 4 is 39.8 Å². The minimum absolute atomic E-state index is 0.106. The van der Waals surface area contributed by atoms with Crippen LogP contribution in [0.4, 0.5) is 11.5 Å². The summed E-state index contributed by atoms with van der Waals surface area (Å²) in [4.78, 5) is 20.2. The Kier molecular flexibility index (Phi) is 3.89. The number of rotatable bonds is 4. The molecule has 0 amide bonds. The highest BCUT2D eigenvalue weighted by atomic mass is 35.5. The molecule has 0 aliphatic carbocycles. The van der Waals surface area contributed by atoms with Gasteiger partial charge in [-0.1, -0.05) is 6.92 Å². The molecule has 0 atom stereocenters. The van der Waals surface area contributed by atoms with Crippen molar-refractivity contribution in [3.05, 3.63) is 47.2 Å². The van der Waals surface area contributed by atoms with Crippen LogP contribution >= 0.6 is 11.6 Å². The van der Waals surface area contributed by atoms with E-state index in [1.165, 1.54) is 0 Å². The van der Waals surface area contributed by atoms with Gasteiger partial charge in [0.05, 0.1) is 5.52 Å². The second kappa shape index (κ2) is 6.22. The summed E-state index contributed by atoms with van der Waals surface area (Å²) in [5.41, 5.74) is 2.13. The molecular formula is C18H14ClN3O3. The van der Waals surface area contributed by atoms with Crippen molar-refractivity contribution in [3.63, 3.8) is 0 Å². The van der Waals surface area contributed by atoms with Crippen LogP contribution in [0, 0.1) is 0 Å². The third-order valence-electron chi connectivity index (χ3n) is 3.95. The summed E-state index contributed by atoms with van der Waals surface area (Å²) in [5, 5.41) is 4.12. The zero-order valence-corrected chi connectivity index (χ0v) is 14.1. The van der Waals surface area contributed by atoms with Crippen molar-refractivity contribution < 1.29 is 14.3 Å². The molecule has 1 aromatic heterocycles. The highest BCUT2D eigenvalue weighted by Gasteiger charge is 2.17. The first kappa shape index (κ1) is 15.7. The predicted octanol–water partition coefficient (Wildman–Crippen LogP) is 4.35. The molecule has 2 aromatic carbocycles. The largest absolute Gasteiger partial charge is 0.454 e. The average molecular weight is 356 g/mol. The lowest BCUT2D eigenvalue weighted by Crippen LogP contribution is -1.99. The predicted molar refractivity (Wildman–Crippen MR) is 95.0 cm³/mol. The van der Waals surface area contributed by atoms with Crippen molar-refractivity contribution in [2.24, 2.45) is 0 Å². The summed E-state index contributed by atoms with van der Waals surface area (Å²) in [5.74, 6) is 1.94. The molecule has 25 heavy (non-hydrogen) atoms. The number of nitrogens with one attached hydrogen (secondary N) is 1. The highest BCUT2D eigenvalue weighted by molar-refractivity contribution is 6.28. The van der Waals surface area contributed by atoms with Crippen LogP contribution in [-0.4, -0.2) is 22.5 Å². The molecule has 7 heteroatoms. The van der Waals surface area contributed by atoms with Gasteiger partial charge in [0.1, 0.15) is 5.82 Å². The molecule has 4 rings (SSSR count). The molecule has 0 saturated carbocycles. The van der Waals surface area contributed by atoms with Crippen molar-refractivity contribution in [1.29, 1.82) is 0 Å². The normalized spacial score (nSPS) is 12.4. The Bertz CT molecular complexity index is 973. The number of aromatic nitrogens is 2. The average Bonchev–Trinajstić information content (AvgIpc) is 3.07. The molecule has 0 fully saturated rings. The maximum atomic E-state index is 11.7. The van der Waals surface area contributed by atoms with Crippen LogP contribution in [0.5, 0.6) is 11.5 Å². The van der Waals surface area contributed by atoms with E-state index >= 15 is 0 Å². The third-order valence-corrected chi connectivity index (χ3v) is 4.12. The number of nitrogens with zero attached hydrogens (tertiary/aromatic N) is 2. The van der Waals surface area contributed by atoms with Gasteiger partial charge in [0.25, 0.3) is 0 Å². The van der Waals surface area contributed by atoms with E-state index in [2.05, 4.69) is 15.3 Å². The van der Waals surface area contributed by atoms with Crippen molar-refractivity contribution in [2.75, 3.05) is 12.1 Å². The molecule has 2 heterocycles. The van der Waals surface area contributed by atoms with Crippen molar-refractivity contribution in [3.8, 4) is 11.5 Å². The first-order chi connectivity index (χ1) is 12.1. The lowest BCUT2D eigenvalue weighted by atomic mass is 10.1. The summed E-state index contributed by atoms with van der Waals surface area (Å²) >= 11 is 6.05. The fraction of sp³-hybridized carbons (Fsp3) is 0.167. The van der Waals surface area contributed by atoms with Gasteiger partial charge in [-0.2, -0.15) is 4.98 Å². The Morgan fingerprint density at radius 3 is 2.60 bits per heavy atom. The van der Waals surface area contributed by atoms with Gasteiger partial charge in [-0.05, 0) is 41.9 Å². The molecular weight excluding hydrogens is 342 g/mol. The minimum atomic E-state index is 0.106.